The third-order valence-corrected chi connectivity index (χ3v) is 5.59. The van der Waals surface area contributed by atoms with Crippen molar-refractivity contribution in [3.05, 3.63) is 83.7 Å². The van der Waals surface area contributed by atoms with Crippen LogP contribution < -0.4 is 5.32 Å². The predicted molar refractivity (Wildman–Crippen MR) is 117 cm³/mol. The molecule has 1 saturated heterocycles. The molecule has 0 spiro atoms. The summed E-state index contributed by atoms with van der Waals surface area (Å²) in [6.07, 6.45) is 13.6. The van der Waals surface area contributed by atoms with Gasteiger partial charge in [0.2, 0.25) is 0 Å². The van der Waals surface area contributed by atoms with Crippen molar-refractivity contribution < 1.29 is 9.21 Å². The third kappa shape index (κ3) is 3.50. The van der Waals surface area contributed by atoms with E-state index >= 15 is 0 Å². The van der Waals surface area contributed by atoms with Crippen molar-refractivity contribution in [1.82, 2.24) is 20.1 Å². The number of hydrogen-bond donors (Lipinski definition) is 1. The Hall–Kier alpha value is -3.38. The summed E-state index contributed by atoms with van der Waals surface area (Å²) in [6.45, 7) is 6.81. The van der Waals surface area contributed by atoms with Gasteiger partial charge in [-0.1, -0.05) is 18.2 Å². The monoisotopic (exact) mass is 400 g/mol. The van der Waals surface area contributed by atoms with Gasteiger partial charge < -0.3 is 14.6 Å². The van der Waals surface area contributed by atoms with Gasteiger partial charge >= 0.3 is 0 Å². The van der Waals surface area contributed by atoms with Crippen LogP contribution in [0.3, 0.4) is 0 Å². The zero-order chi connectivity index (χ0) is 20.7. The number of allylic oxidation sites excluding steroid dienone is 6. The molecule has 152 valence electrons. The van der Waals surface area contributed by atoms with Gasteiger partial charge in [-0.05, 0) is 48.4 Å². The van der Waals surface area contributed by atoms with E-state index in [2.05, 4.69) is 28.2 Å². The Bertz CT molecular complexity index is 1170. The summed E-state index contributed by atoms with van der Waals surface area (Å²) in [5, 5.41) is 3.46. The van der Waals surface area contributed by atoms with Crippen LogP contribution in [-0.4, -0.2) is 46.4 Å². The molecule has 30 heavy (non-hydrogen) atoms. The molecular weight excluding hydrogens is 376 g/mol. The van der Waals surface area contributed by atoms with Gasteiger partial charge in [-0.2, -0.15) is 0 Å². The number of rotatable bonds is 2. The van der Waals surface area contributed by atoms with Crippen LogP contribution >= 0.6 is 0 Å². The minimum absolute atomic E-state index is 0.0699. The van der Waals surface area contributed by atoms with E-state index in [0.717, 1.165) is 53.3 Å². The normalized spacial score (nSPS) is 23.5. The highest BCUT2D eigenvalue weighted by Gasteiger charge is 2.23. The largest absolute Gasteiger partial charge is 0.441 e. The number of benzene rings is 1. The number of carbonyl (C=O) groups excluding carboxylic acids is 1. The number of fused-ring (bicyclic) bond motifs is 2. The maximum atomic E-state index is 13.2. The molecule has 0 unspecified atom stereocenters. The first kappa shape index (κ1) is 18.6. The van der Waals surface area contributed by atoms with Crippen LogP contribution in [0.25, 0.3) is 16.7 Å². The lowest BCUT2D eigenvalue weighted by atomic mass is 10.0. The van der Waals surface area contributed by atoms with Gasteiger partial charge in [0.15, 0.2) is 11.5 Å². The van der Waals surface area contributed by atoms with Crippen LogP contribution in [0.15, 0.2) is 76.7 Å². The van der Waals surface area contributed by atoms with Crippen LogP contribution in [-0.2, 0) is 4.79 Å². The highest BCUT2D eigenvalue weighted by atomic mass is 16.3. The molecule has 1 fully saturated rings. The van der Waals surface area contributed by atoms with Gasteiger partial charge in [0.05, 0.1) is 5.70 Å². The van der Waals surface area contributed by atoms with Crippen molar-refractivity contribution in [2.75, 3.05) is 19.6 Å². The van der Waals surface area contributed by atoms with Gasteiger partial charge in [0.1, 0.15) is 5.52 Å². The molecule has 0 radical (unpaired) electrons. The number of hydrogen-bond acceptors (Lipinski definition) is 5. The van der Waals surface area contributed by atoms with Crippen LogP contribution in [0.2, 0.25) is 0 Å². The molecule has 6 heteroatoms. The zero-order valence-electron chi connectivity index (χ0n) is 17.1. The standard InChI is InChI=1S/C24H24N4O2/c1-16-14-27(11-10-25-16)21-8-7-20-5-3-4-18(13-24(29)28(20)15-21)19-6-9-22-23(12-19)30-17(2)26-22/h3-9,12-13,15-16,25H,10-11,14H2,1-2H3/b4-3?,18-13?,20-5+/t16-/m1/s1. The fourth-order valence-corrected chi connectivity index (χ4v) is 4.08. The topological polar surface area (TPSA) is 61.6 Å². The number of carbonyl (C=O) groups is 1. The molecular formula is C24H24N4O2. The summed E-state index contributed by atoms with van der Waals surface area (Å²) >= 11 is 0. The van der Waals surface area contributed by atoms with Crippen molar-refractivity contribution >= 4 is 22.6 Å². The second kappa shape index (κ2) is 7.46. The average Bonchev–Trinajstić information content (AvgIpc) is 3.11. The Kier molecular flexibility index (Phi) is 4.64. The Morgan fingerprint density at radius 3 is 2.93 bits per heavy atom. The molecule has 0 saturated carbocycles. The molecule has 2 aromatic rings. The smallest absolute Gasteiger partial charge is 0.255 e. The molecule has 3 aliphatic heterocycles. The van der Waals surface area contributed by atoms with Crippen LogP contribution in [0, 0.1) is 6.92 Å². The molecule has 1 aromatic heterocycles. The van der Waals surface area contributed by atoms with Crippen molar-refractivity contribution in [2.45, 2.75) is 19.9 Å². The first-order chi connectivity index (χ1) is 14.6. The van der Waals surface area contributed by atoms with E-state index in [9.17, 15) is 4.79 Å². The second-order valence-electron chi connectivity index (χ2n) is 7.86. The fraction of sp³-hybridized carbons (Fsp3) is 0.250. The Morgan fingerprint density at radius 2 is 2.07 bits per heavy atom. The van der Waals surface area contributed by atoms with Gasteiger partial charge in [-0.3, -0.25) is 9.69 Å². The zero-order valence-corrected chi connectivity index (χ0v) is 17.1. The van der Waals surface area contributed by atoms with E-state index in [1.54, 1.807) is 11.0 Å². The van der Waals surface area contributed by atoms with Gasteiger partial charge in [0.25, 0.3) is 5.91 Å². The first-order valence-corrected chi connectivity index (χ1v) is 10.3. The number of nitrogens with zero attached hydrogens (tertiary/aromatic N) is 3. The number of piperazine rings is 1. The van der Waals surface area contributed by atoms with Crippen molar-refractivity contribution in [3.63, 3.8) is 0 Å². The lowest BCUT2D eigenvalue weighted by Gasteiger charge is -2.36. The van der Waals surface area contributed by atoms with Crippen molar-refractivity contribution in [1.29, 1.82) is 0 Å². The molecule has 3 aliphatic rings. The van der Waals surface area contributed by atoms with E-state index < -0.39 is 0 Å². The van der Waals surface area contributed by atoms with Crippen molar-refractivity contribution in [2.24, 2.45) is 0 Å². The van der Waals surface area contributed by atoms with Crippen LogP contribution in [0.5, 0.6) is 0 Å². The summed E-state index contributed by atoms with van der Waals surface area (Å²) in [4.78, 5) is 21.6. The number of nitrogens with one attached hydrogen (secondary N) is 1. The van der Waals surface area contributed by atoms with Gasteiger partial charge in [-0.25, -0.2) is 4.98 Å². The predicted octanol–water partition coefficient (Wildman–Crippen LogP) is 3.51. The maximum Gasteiger partial charge on any atom is 0.255 e. The van der Waals surface area contributed by atoms with E-state index in [1.165, 1.54) is 0 Å². The molecule has 4 heterocycles. The third-order valence-electron chi connectivity index (χ3n) is 5.59. The summed E-state index contributed by atoms with van der Waals surface area (Å²) in [7, 11) is 0. The molecule has 0 aliphatic carbocycles. The minimum atomic E-state index is -0.0699. The number of aromatic nitrogens is 1. The molecule has 1 amide bonds. The highest BCUT2D eigenvalue weighted by Crippen LogP contribution is 2.27. The van der Waals surface area contributed by atoms with E-state index in [1.807, 2.05) is 55.6 Å². The maximum absolute atomic E-state index is 13.2. The van der Waals surface area contributed by atoms with Crippen molar-refractivity contribution in [3.8, 4) is 0 Å². The SMILES string of the molecule is Cc1nc2ccc(C3=CC(=O)N4C=C(N5CCN[C@H](C)C5)C=C/C4=C\C=C3)cc2o1. The number of amides is 1. The summed E-state index contributed by atoms with van der Waals surface area (Å²) in [6, 6.07) is 6.26. The Morgan fingerprint density at radius 1 is 1.20 bits per heavy atom. The lowest BCUT2D eigenvalue weighted by Crippen LogP contribution is -2.48. The minimum Gasteiger partial charge on any atom is -0.441 e. The Balaban J connectivity index is 1.47. The highest BCUT2D eigenvalue weighted by molar-refractivity contribution is 6.00. The average molecular weight is 400 g/mol. The molecule has 1 aromatic carbocycles. The summed E-state index contributed by atoms with van der Waals surface area (Å²) < 4.78 is 5.66. The summed E-state index contributed by atoms with van der Waals surface area (Å²) in [5.41, 5.74) is 5.23. The van der Waals surface area contributed by atoms with E-state index in [-0.39, 0.29) is 5.91 Å². The molecule has 0 bridgehead atoms. The van der Waals surface area contributed by atoms with Crippen LogP contribution in [0.1, 0.15) is 18.4 Å². The van der Waals surface area contributed by atoms with Crippen LogP contribution in [0.4, 0.5) is 0 Å². The summed E-state index contributed by atoms with van der Waals surface area (Å²) in [5.74, 6) is 0.562. The fourth-order valence-electron chi connectivity index (χ4n) is 4.08. The second-order valence-corrected chi connectivity index (χ2v) is 7.86. The number of oxazole rings is 1. The molecule has 1 atom stereocenters. The quantitative estimate of drug-likeness (QED) is 0.836. The van der Waals surface area contributed by atoms with E-state index in [4.69, 9.17) is 4.42 Å². The van der Waals surface area contributed by atoms with Gasteiger partial charge in [0, 0.05) is 50.6 Å². The first-order valence-electron chi connectivity index (χ1n) is 10.3. The lowest BCUT2D eigenvalue weighted by molar-refractivity contribution is -0.122. The molecule has 5 rings (SSSR count). The molecule has 1 N–H and O–H groups in total. The number of aryl methyl sites for hydroxylation is 1. The van der Waals surface area contributed by atoms with Gasteiger partial charge in [-0.15, -0.1) is 0 Å². The molecule has 6 nitrogen and oxygen atoms in total. The Labute approximate surface area is 175 Å². The van der Waals surface area contributed by atoms with E-state index in [0.29, 0.717) is 11.9 Å².